The number of hydrogen-bond donors (Lipinski definition) is 2. The van der Waals surface area contributed by atoms with E-state index in [-0.39, 0.29) is 0 Å². The van der Waals surface area contributed by atoms with Gasteiger partial charge in [-0.25, -0.2) is 0 Å². The van der Waals surface area contributed by atoms with Gasteiger partial charge in [-0.15, -0.1) is 11.3 Å². The Morgan fingerprint density at radius 1 is 1.73 bits per heavy atom. The third-order valence-electron chi connectivity index (χ3n) is 1.68. The molecule has 0 aromatic carbocycles. The van der Waals surface area contributed by atoms with Crippen LogP contribution in [-0.4, -0.2) is 20.1 Å². The summed E-state index contributed by atoms with van der Waals surface area (Å²) in [7, 11) is 1.95. The first kappa shape index (κ1) is 8.71. The third-order valence-corrected chi connectivity index (χ3v) is 2.72. The molecule has 0 saturated heterocycles. The number of rotatable bonds is 4. The molecule has 1 aromatic rings. The topological polar surface area (TPSA) is 38.0 Å². The van der Waals surface area contributed by atoms with Crippen LogP contribution in [0.3, 0.4) is 0 Å². The van der Waals surface area contributed by atoms with Crippen molar-refractivity contribution in [2.24, 2.45) is 5.73 Å². The van der Waals surface area contributed by atoms with Crippen molar-refractivity contribution in [3.63, 3.8) is 0 Å². The molecule has 11 heavy (non-hydrogen) atoms. The Morgan fingerprint density at radius 2 is 2.55 bits per heavy atom. The van der Waals surface area contributed by atoms with Crippen LogP contribution in [0.25, 0.3) is 0 Å². The van der Waals surface area contributed by atoms with Gasteiger partial charge >= 0.3 is 0 Å². The van der Waals surface area contributed by atoms with Crippen molar-refractivity contribution in [3.8, 4) is 0 Å². The molecule has 0 bridgehead atoms. The smallest absolute Gasteiger partial charge is 0.0180 e. The molecule has 0 aliphatic heterocycles. The third kappa shape index (κ3) is 2.29. The van der Waals surface area contributed by atoms with Crippen LogP contribution in [0.5, 0.6) is 0 Å². The average molecular weight is 170 g/mol. The standard InChI is InChI=1S/C8H14N2S/c1-10-6-7(5-9)8-3-2-4-11-8/h2-4,7,10H,5-6,9H2,1H3. The van der Waals surface area contributed by atoms with Crippen LogP contribution in [0.2, 0.25) is 0 Å². The lowest BCUT2D eigenvalue weighted by atomic mass is 10.1. The van der Waals surface area contributed by atoms with Crippen LogP contribution in [0.15, 0.2) is 17.5 Å². The molecule has 1 rings (SSSR count). The number of nitrogens with one attached hydrogen (secondary N) is 1. The number of likely N-dealkylation sites (N-methyl/N-ethyl adjacent to an activating group) is 1. The first-order chi connectivity index (χ1) is 5.38. The summed E-state index contributed by atoms with van der Waals surface area (Å²) < 4.78 is 0. The van der Waals surface area contributed by atoms with Gasteiger partial charge in [-0.2, -0.15) is 0 Å². The summed E-state index contributed by atoms with van der Waals surface area (Å²) in [6.45, 7) is 1.69. The van der Waals surface area contributed by atoms with Crippen LogP contribution in [0.1, 0.15) is 10.8 Å². The lowest BCUT2D eigenvalue weighted by Crippen LogP contribution is -2.23. The monoisotopic (exact) mass is 170 g/mol. The van der Waals surface area contributed by atoms with Crippen LogP contribution in [0.4, 0.5) is 0 Å². The van der Waals surface area contributed by atoms with E-state index in [0.717, 1.165) is 13.1 Å². The SMILES string of the molecule is CNCC(CN)c1cccs1. The molecule has 1 atom stereocenters. The van der Waals surface area contributed by atoms with E-state index in [0.29, 0.717) is 5.92 Å². The molecule has 0 amide bonds. The Kier molecular flexibility index (Phi) is 3.56. The summed E-state index contributed by atoms with van der Waals surface area (Å²) in [5, 5.41) is 5.22. The maximum Gasteiger partial charge on any atom is 0.0180 e. The molecule has 0 spiro atoms. The zero-order chi connectivity index (χ0) is 8.10. The maximum atomic E-state index is 5.62. The van der Waals surface area contributed by atoms with Gasteiger partial charge in [0.1, 0.15) is 0 Å². The van der Waals surface area contributed by atoms with E-state index >= 15 is 0 Å². The van der Waals surface area contributed by atoms with Gasteiger partial charge in [-0.3, -0.25) is 0 Å². The van der Waals surface area contributed by atoms with E-state index in [1.807, 2.05) is 7.05 Å². The largest absolute Gasteiger partial charge is 0.330 e. The number of hydrogen-bond acceptors (Lipinski definition) is 3. The minimum Gasteiger partial charge on any atom is -0.330 e. The molecule has 62 valence electrons. The highest BCUT2D eigenvalue weighted by atomic mass is 32.1. The van der Waals surface area contributed by atoms with Gasteiger partial charge < -0.3 is 11.1 Å². The zero-order valence-corrected chi connectivity index (χ0v) is 7.53. The molecule has 1 heterocycles. The van der Waals surface area contributed by atoms with Gasteiger partial charge in [0.25, 0.3) is 0 Å². The molecular weight excluding hydrogens is 156 g/mol. The molecule has 0 saturated carbocycles. The predicted octanol–water partition coefficient (Wildman–Crippen LogP) is 1.01. The molecule has 1 aromatic heterocycles. The van der Waals surface area contributed by atoms with Crippen LogP contribution >= 0.6 is 11.3 Å². The second-order valence-electron chi connectivity index (χ2n) is 2.51. The van der Waals surface area contributed by atoms with E-state index in [2.05, 4.69) is 22.8 Å². The summed E-state index contributed by atoms with van der Waals surface area (Å²) in [6.07, 6.45) is 0. The van der Waals surface area contributed by atoms with Gasteiger partial charge in [0, 0.05) is 23.9 Å². The highest BCUT2D eigenvalue weighted by molar-refractivity contribution is 7.10. The average Bonchev–Trinajstić information content (AvgIpc) is 2.52. The van der Waals surface area contributed by atoms with Crippen molar-refractivity contribution in [1.29, 1.82) is 0 Å². The Morgan fingerprint density at radius 3 is 3.00 bits per heavy atom. The van der Waals surface area contributed by atoms with Crippen molar-refractivity contribution >= 4 is 11.3 Å². The first-order valence-corrected chi connectivity index (χ1v) is 4.64. The second-order valence-corrected chi connectivity index (χ2v) is 3.48. The lowest BCUT2D eigenvalue weighted by molar-refractivity contribution is 0.646. The van der Waals surface area contributed by atoms with Gasteiger partial charge in [0.2, 0.25) is 0 Å². The Labute approximate surface area is 71.4 Å². The molecule has 0 fully saturated rings. The molecular formula is C8H14N2S. The highest BCUT2D eigenvalue weighted by Crippen LogP contribution is 2.18. The summed E-state index contributed by atoms with van der Waals surface area (Å²) in [6, 6.07) is 4.21. The van der Waals surface area contributed by atoms with Gasteiger partial charge in [0.05, 0.1) is 0 Å². The van der Waals surface area contributed by atoms with E-state index in [1.54, 1.807) is 11.3 Å². The van der Waals surface area contributed by atoms with Crippen LogP contribution < -0.4 is 11.1 Å². The fourth-order valence-corrected chi connectivity index (χ4v) is 1.91. The van der Waals surface area contributed by atoms with Gasteiger partial charge in [-0.1, -0.05) is 6.07 Å². The summed E-state index contributed by atoms with van der Waals surface area (Å²) >= 11 is 1.78. The van der Waals surface area contributed by atoms with E-state index in [9.17, 15) is 0 Å². The number of thiophene rings is 1. The fraction of sp³-hybridized carbons (Fsp3) is 0.500. The van der Waals surface area contributed by atoms with Crippen molar-refractivity contribution in [1.82, 2.24) is 5.32 Å². The van der Waals surface area contributed by atoms with Gasteiger partial charge in [-0.05, 0) is 18.5 Å². The number of nitrogens with two attached hydrogens (primary N) is 1. The first-order valence-electron chi connectivity index (χ1n) is 3.76. The summed E-state index contributed by atoms with van der Waals surface area (Å²) in [4.78, 5) is 1.38. The lowest BCUT2D eigenvalue weighted by Gasteiger charge is -2.10. The fourth-order valence-electron chi connectivity index (χ4n) is 1.07. The summed E-state index contributed by atoms with van der Waals surface area (Å²) in [5.74, 6) is 0.486. The summed E-state index contributed by atoms with van der Waals surface area (Å²) in [5.41, 5.74) is 5.62. The molecule has 0 radical (unpaired) electrons. The van der Waals surface area contributed by atoms with Crippen LogP contribution in [0, 0.1) is 0 Å². The Hall–Kier alpha value is -0.380. The Balaban J connectivity index is 2.56. The van der Waals surface area contributed by atoms with E-state index < -0.39 is 0 Å². The molecule has 0 aliphatic rings. The van der Waals surface area contributed by atoms with E-state index in [1.165, 1.54) is 4.88 Å². The minimum atomic E-state index is 0.486. The van der Waals surface area contributed by atoms with Crippen molar-refractivity contribution in [2.75, 3.05) is 20.1 Å². The van der Waals surface area contributed by atoms with E-state index in [4.69, 9.17) is 5.73 Å². The van der Waals surface area contributed by atoms with Crippen molar-refractivity contribution < 1.29 is 0 Å². The molecule has 2 nitrogen and oxygen atoms in total. The van der Waals surface area contributed by atoms with Gasteiger partial charge in [0.15, 0.2) is 0 Å². The zero-order valence-electron chi connectivity index (χ0n) is 6.71. The molecule has 1 unspecified atom stereocenters. The molecule has 3 N–H and O–H groups in total. The molecule has 3 heteroatoms. The quantitative estimate of drug-likeness (QED) is 0.707. The normalized spacial score (nSPS) is 13.3. The van der Waals surface area contributed by atoms with Crippen molar-refractivity contribution in [2.45, 2.75) is 5.92 Å². The minimum absolute atomic E-state index is 0.486. The van der Waals surface area contributed by atoms with Crippen molar-refractivity contribution in [3.05, 3.63) is 22.4 Å². The van der Waals surface area contributed by atoms with Crippen LogP contribution in [-0.2, 0) is 0 Å². The Bertz CT molecular complexity index is 184. The second kappa shape index (κ2) is 4.49. The highest BCUT2D eigenvalue weighted by Gasteiger charge is 2.08. The molecule has 0 aliphatic carbocycles. The maximum absolute atomic E-state index is 5.62. The predicted molar refractivity (Wildman–Crippen MR) is 50.0 cm³/mol.